The first-order chi connectivity index (χ1) is 15.8. The summed E-state index contributed by atoms with van der Waals surface area (Å²) < 4.78 is 30.1. The van der Waals surface area contributed by atoms with E-state index in [0.717, 1.165) is 40.6 Å². The molecule has 1 saturated heterocycles. The van der Waals surface area contributed by atoms with Crippen molar-refractivity contribution >= 4 is 26.8 Å². The van der Waals surface area contributed by atoms with Gasteiger partial charge in [-0.1, -0.05) is 56.2 Å². The summed E-state index contributed by atoms with van der Waals surface area (Å²) in [5, 5.41) is 1.00. The molecule has 6 heteroatoms. The van der Waals surface area contributed by atoms with Gasteiger partial charge in [0, 0.05) is 18.4 Å². The molecule has 2 aromatic carbocycles. The molecular weight excluding hydrogens is 432 g/mol. The van der Waals surface area contributed by atoms with Crippen LogP contribution in [0.3, 0.4) is 0 Å². The molecule has 1 saturated carbocycles. The number of carbonyl (C=O) groups excluding carboxylic acids is 1. The van der Waals surface area contributed by atoms with E-state index < -0.39 is 15.6 Å². The molecule has 1 spiro atoms. The van der Waals surface area contributed by atoms with Gasteiger partial charge in [-0.25, -0.2) is 12.4 Å². The van der Waals surface area contributed by atoms with Crippen molar-refractivity contribution in [1.29, 1.82) is 0 Å². The van der Waals surface area contributed by atoms with E-state index in [-0.39, 0.29) is 11.8 Å². The van der Waals surface area contributed by atoms with Gasteiger partial charge in [-0.15, -0.1) is 0 Å². The predicted octanol–water partition coefficient (Wildman–Crippen LogP) is 4.85. The van der Waals surface area contributed by atoms with E-state index in [2.05, 4.69) is 13.8 Å². The molecule has 0 bridgehead atoms. The van der Waals surface area contributed by atoms with Crippen LogP contribution in [0.1, 0.15) is 49.9 Å². The second kappa shape index (κ2) is 6.95. The third-order valence-corrected chi connectivity index (χ3v) is 10.4. The van der Waals surface area contributed by atoms with E-state index in [1.165, 1.54) is 0 Å². The predicted molar refractivity (Wildman–Crippen MR) is 128 cm³/mol. The first kappa shape index (κ1) is 21.0. The van der Waals surface area contributed by atoms with Crippen LogP contribution in [0.2, 0.25) is 0 Å². The Morgan fingerprint density at radius 1 is 1.09 bits per heavy atom. The van der Waals surface area contributed by atoms with Crippen LogP contribution in [0.15, 0.2) is 53.4 Å². The number of amides is 1. The molecule has 4 unspecified atom stereocenters. The van der Waals surface area contributed by atoms with Gasteiger partial charge in [0.15, 0.2) is 0 Å². The van der Waals surface area contributed by atoms with Gasteiger partial charge >= 0.3 is 0 Å². The number of nitrogens with zero attached hydrogens (tertiary/aromatic N) is 2. The van der Waals surface area contributed by atoms with Gasteiger partial charge in [-0.05, 0) is 61.3 Å². The van der Waals surface area contributed by atoms with Gasteiger partial charge in [-0.2, -0.15) is 0 Å². The van der Waals surface area contributed by atoms with Crippen LogP contribution in [0.5, 0.6) is 0 Å². The number of hydrogen-bond acceptors (Lipinski definition) is 3. The molecule has 2 fully saturated rings. The highest BCUT2D eigenvalue weighted by atomic mass is 32.2. The lowest BCUT2D eigenvalue weighted by atomic mass is 9.77. The minimum atomic E-state index is -3.84. The molecule has 0 N–H and O–H groups in total. The maximum Gasteiger partial charge on any atom is 0.268 e. The molecule has 3 aromatic rings. The lowest BCUT2D eigenvalue weighted by Crippen LogP contribution is -2.51. The molecule has 1 amide bonds. The second-order valence-corrected chi connectivity index (χ2v) is 12.0. The van der Waals surface area contributed by atoms with Crippen LogP contribution < -0.4 is 0 Å². The summed E-state index contributed by atoms with van der Waals surface area (Å²) in [5.74, 6) is 1.19. The molecule has 33 heavy (non-hydrogen) atoms. The molecule has 1 aliphatic carbocycles. The minimum Gasteiger partial charge on any atom is -0.331 e. The quantitative estimate of drug-likeness (QED) is 0.559. The van der Waals surface area contributed by atoms with E-state index in [9.17, 15) is 13.2 Å². The molecule has 3 aliphatic rings. The molecule has 0 radical (unpaired) electrons. The Labute approximate surface area is 195 Å². The van der Waals surface area contributed by atoms with Crippen molar-refractivity contribution in [3.63, 3.8) is 0 Å². The first-order valence-corrected chi connectivity index (χ1v) is 13.5. The number of aromatic nitrogens is 1. The van der Waals surface area contributed by atoms with Gasteiger partial charge < -0.3 is 4.90 Å². The molecule has 1 aromatic heterocycles. The fraction of sp³-hybridized carbons (Fsp3) is 0.444. The molecule has 2 aliphatic heterocycles. The van der Waals surface area contributed by atoms with Crippen molar-refractivity contribution < 1.29 is 13.2 Å². The van der Waals surface area contributed by atoms with E-state index >= 15 is 0 Å². The minimum absolute atomic E-state index is 0.153. The largest absolute Gasteiger partial charge is 0.331 e. The summed E-state index contributed by atoms with van der Waals surface area (Å²) in [5.41, 5.74) is 3.18. The third kappa shape index (κ3) is 2.59. The summed E-state index contributed by atoms with van der Waals surface area (Å²) in [6.45, 7) is 7.11. The molecule has 6 rings (SSSR count). The van der Waals surface area contributed by atoms with Crippen LogP contribution in [0.4, 0.5) is 0 Å². The third-order valence-electron chi connectivity index (χ3n) is 8.63. The topological polar surface area (TPSA) is 59.4 Å². The first-order valence-electron chi connectivity index (χ1n) is 12.1. The standard InChI is InChI=1S/C27H30N2O3S/c1-4-20-18(3)16-27-23(20)15-25(30)28(27)14-13-22-21-7-5-6-8-24(21)29(26(22)27)33(31,32)19-11-9-17(2)10-12-19/h5-12,18,20,23H,4,13-16H2,1-3H3. The van der Waals surface area contributed by atoms with Crippen LogP contribution >= 0.6 is 0 Å². The van der Waals surface area contributed by atoms with Crippen molar-refractivity contribution in [1.82, 2.24) is 8.87 Å². The lowest BCUT2D eigenvalue weighted by Gasteiger charge is -2.44. The normalized spacial score (nSPS) is 28.8. The Balaban J connectivity index is 1.71. The van der Waals surface area contributed by atoms with Gasteiger partial charge in [-0.3, -0.25) is 4.79 Å². The average Bonchev–Trinajstić information content (AvgIpc) is 3.37. The maximum absolute atomic E-state index is 14.2. The molecule has 5 nitrogen and oxygen atoms in total. The second-order valence-electron chi connectivity index (χ2n) is 10.2. The van der Waals surface area contributed by atoms with Gasteiger partial charge in [0.25, 0.3) is 10.0 Å². The van der Waals surface area contributed by atoms with Crippen LogP contribution in [-0.4, -0.2) is 29.7 Å². The van der Waals surface area contributed by atoms with Crippen molar-refractivity contribution in [3.8, 4) is 0 Å². The Morgan fingerprint density at radius 3 is 2.55 bits per heavy atom. The van der Waals surface area contributed by atoms with Crippen molar-refractivity contribution in [2.45, 2.75) is 56.9 Å². The van der Waals surface area contributed by atoms with Crippen LogP contribution in [-0.2, 0) is 26.8 Å². The SMILES string of the molecule is CCC1C(C)CC23c4c(c5ccccc5n4S(=O)(=O)c4ccc(C)cc4)CCN2C(=O)CC13. The number of benzene rings is 2. The van der Waals surface area contributed by atoms with E-state index in [0.29, 0.717) is 36.1 Å². The average molecular weight is 463 g/mol. The van der Waals surface area contributed by atoms with Crippen molar-refractivity contribution in [2.24, 2.45) is 17.8 Å². The van der Waals surface area contributed by atoms with Crippen LogP contribution in [0, 0.1) is 24.7 Å². The molecular formula is C27H30N2O3S. The molecule has 4 atom stereocenters. The molecule has 172 valence electrons. The van der Waals surface area contributed by atoms with Crippen molar-refractivity contribution in [2.75, 3.05) is 6.54 Å². The highest BCUT2D eigenvalue weighted by Gasteiger charge is 2.65. The highest BCUT2D eigenvalue weighted by molar-refractivity contribution is 7.90. The Hall–Kier alpha value is -2.60. The Morgan fingerprint density at radius 2 is 1.82 bits per heavy atom. The summed E-state index contributed by atoms with van der Waals surface area (Å²) >= 11 is 0. The zero-order valence-electron chi connectivity index (χ0n) is 19.4. The summed E-state index contributed by atoms with van der Waals surface area (Å²) in [4.78, 5) is 15.6. The number of aryl methyl sites for hydroxylation is 1. The monoisotopic (exact) mass is 462 g/mol. The fourth-order valence-electron chi connectivity index (χ4n) is 7.36. The van der Waals surface area contributed by atoms with Gasteiger partial charge in [0.05, 0.1) is 21.6 Å². The van der Waals surface area contributed by atoms with Gasteiger partial charge in [0.1, 0.15) is 0 Å². The van der Waals surface area contributed by atoms with Crippen molar-refractivity contribution in [3.05, 3.63) is 65.4 Å². The van der Waals surface area contributed by atoms with E-state index in [1.807, 2.05) is 48.2 Å². The summed E-state index contributed by atoms with van der Waals surface area (Å²) in [6.07, 6.45) is 3.05. The number of fused-ring (bicyclic) bond motifs is 3. The molecule has 3 heterocycles. The zero-order chi connectivity index (χ0) is 23.1. The summed E-state index contributed by atoms with van der Waals surface area (Å²) in [7, 11) is -3.84. The van der Waals surface area contributed by atoms with Crippen LogP contribution in [0.25, 0.3) is 10.9 Å². The number of carbonyl (C=O) groups is 1. The number of para-hydroxylation sites is 1. The smallest absolute Gasteiger partial charge is 0.268 e. The van der Waals surface area contributed by atoms with E-state index in [1.54, 1.807) is 16.1 Å². The Bertz CT molecular complexity index is 1390. The zero-order valence-corrected chi connectivity index (χ0v) is 20.2. The summed E-state index contributed by atoms with van der Waals surface area (Å²) in [6, 6.07) is 15.0. The Kier molecular flexibility index (Phi) is 4.42. The van der Waals surface area contributed by atoms with E-state index in [4.69, 9.17) is 0 Å². The fourth-order valence-corrected chi connectivity index (χ4v) is 8.98. The maximum atomic E-state index is 14.2. The van der Waals surface area contributed by atoms with Gasteiger partial charge in [0.2, 0.25) is 5.91 Å². The number of rotatable bonds is 3. The lowest BCUT2D eigenvalue weighted by molar-refractivity contribution is -0.132. The highest BCUT2D eigenvalue weighted by Crippen LogP contribution is 2.62. The number of hydrogen-bond donors (Lipinski definition) is 0.